The maximum absolute atomic E-state index is 13.2. The molecule has 3 rings (SSSR count). The van der Waals surface area contributed by atoms with Gasteiger partial charge in [-0.15, -0.1) is 0 Å². The summed E-state index contributed by atoms with van der Waals surface area (Å²) in [5, 5.41) is 2.98. The predicted molar refractivity (Wildman–Crippen MR) is 82.6 cm³/mol. The van der Waals surface area contributed by atoms with Crippen LogP contribution in [-0.4, -0.2) is 22.4 Å². The van der Waals surface area contributed by atoms with Crippen molar-refractivity contribution in [2.75, 3.05) is 0 Å². The molecule has 0 atom stereocenters. The SMILES string of the molecule is O=C(NC1CCC(Oc2cc(F)cc(F)c2)CC1)c1ccns1. The van der Waals surface area contributed by atoms with Crippen LogP contribution >= 0.6 is 11.5 Å². The van der Waals surface area contributed by atoms with Gasteiger partial charge in [0.25, 0.3) is 5.91 Å². The summed E-state index contributed by atoms with van der Waals surface area (Å²) in [6.45, 7) is 0. The highest BCUT2D eigenvalue weighted by Gasteiger charge is 2.24. The first-order chi connectivity index (χ1) is 11.1. The van der Waals surface area contributed by atoms with Crippen LogP contribution in [0.15, 0.2) is 30.5 Å². The molecule has 1 aromatic heterocycles. The van der Waals surface area contributed by atoms with E-state index in [1.165, 1.54) is 23.7 Å². The molecule has 0 spiro atoms. The van der Waals surface area contributed by atoms with Crippen LogP contribution in [0.25, 0.3) is 0 Å². The minimum absolute atomic E-state index is 0.0900. The van der Waals surface area contributed by atoms with Crippen molar-refractivity contribution in [1.82, 2.24) is 9.69 Å². The molecule has 1 N–H and O–H groups in total. The molecule has 7 heteroatoms. The van der Waals surface area contributed by atoms with E-state index in [0.717, 1.165) is 31.7 Å². The van der Waals surface area contributed by atoms with Crippen molar-refractivity contribution >= 4 is 17.4 Å². The first kappa shape index (κ1) is 15.9. The second-order valence-electron chi connectivity index (χ2n) is 5.55. The summed E-state index contributed by atoms with van der Waals surface area (Å²) in [5.74, 6) is -1.19. The van der Waals surface area contributed by atoms with E-state index in [2.05, 4.69) is 9.69 Å². The summed E-state index contributed by atoms with van der Waals surface area (Å²) in [6.07, 6.45) is 4.51. The number of nitrogens with one attached hydrogen (secondary N) is 1. The molecule has 0 unspecified atom stereocenters. The summed E-state index contributed by atoms with van der Waals surface area (Å²) >= 11 is 1.17. The number of hydrogen-bond donors (Lipinski definition) is 1. The number of ether oxygens (including phenoxy) is 1. The van der Waals surface area contributed by atoms with Gasteiger partial charge in [0.2, 0.25) is 0 Å². The molecule has 1 aliphatic carbocycles. The molecular weight excluding hydrogens is 322 g/mol. The number of carbonyl (C=O) groups excluding carboxylic acids is 1. The van der Waals surface area contributed by atoms with Crippen molar-refractivity contribution in [2.24, 2.45) is 0 Å². The molecule has 1 fully saturated rings. The summed E-state index contributed by atoms with van der Waals surface area (Å²) in [7, 11) is 0. The van der Waals surface area contributed by atoms with Crippen LogP contribution in [-0.2, 0) is 0 Å². The zero-order chi connectivity index (χ0) is 16.2. The molecule has 0 aliphatic heterocycles. The lowest BCUT2D eigenvalue weighted by Gasteiger charge is -2.29. The van der Waals surface area contributed by atoms with Crippen molar-refractivity contribution in [1.29, 1.82) is 0 Å². The number of rotatable bonds is 4. The van der Waals surface area contributed by atoms with E-state index < -0.39 is 11.6 Å². The van der Waals surface area contributed by atoms with Gasteiger partial charge < -0.3 is 10.1 Å². The number of hydrogen-bond acceptors (Lipinski definition) is 4. The van der Waals surface area contributed by atoms with Crippen molar-refractivity contribution in [3.63, 3.8) is 0 Å². The molecule has 1 heterocycles. The quantitative estimate of drug-likeness (QED) is 0.928. The molecule has 0 bridgehead atoms. The third-order valence-electron chi connectivity index (χ3n) is 3.81. The van der Waals surface area contributed by atoms with Gasteiger partial charge in [0.05, 0.1) is 6.10 Å². The molecule has 0 radical (unpaired) electrons. The zero-order valence-electron chi connectivity index (χ0n) is 12.3. The largest absolute Gasteiger partial charge is 0.490 e. The molecule has 0 saturated heterocycles. The normalized spacial score (nSPS) is 21.0. The highest BCUT2D eigenvalue weighted by molar-refractivity contribution is 7.08. The molecule has 1 saturated carbocycles. The Labute approximate surface area is 136 Å². The molecule has 1 amide bonds. The van der Waals surface area contributed by atoms with E-state index in [1.54, 1.807) is 12.3 Å². The Bertz CT molecular complexity index is 650. The maximum Gasteiger partial charge on any atom is 0.263 e. The van der Waals surface area contributed by atoms with Crippen LogP contribution in [0.1, 0.15) is 35.4 Å². The second kappa shape index (κ2) is 7.04. The van der Waals surface area contributed by atoms with Crippen molar-refractivity contribution < 1.29 is 18.3 Å². The Morgan fingerprint density at radius 3 is 2.48 bits per heavy atom. The third kappa shape index (κ3) is 4.25. The molecular formula is C16H16F2N2O2S. The molecule has 1 aromatic carbocycles. The summed E-state index contributed by atoms with van der Waals surface area (Å²) in [6, 6.07) is 4.96. The van der Waals surface area contributed by atoms with E-state index in [9.17, 15) is 13.6 Å². The van der Waals surface area contributed by atoms with Crippen LogP contribution in [0.4, 0.5) is 8.78 Å². The minimum atomic E-state index is -0.648. The Morgan fingerprint density at radius 1 is 1.17 bits per heavy atom. The number of amides is 1. The smallest absolute Gasteiger partial charge is 0.263 e. The van der Waals surface area contributed by atoms with Crippen LogP contribution in [0.3, 0.4) is 0 Å². The van der Waals surface area contributed by atoms with E-state index in [4.69, 9.17) is 4.74 Å². The molecule has 23 heavy (non-hydrogen) atoms. The Hall–Kier alpha value is -2.02. The average Bonchev–Trinajstić information content (AvgIpc) is 3.02. The van der Waals surface area contributed by atoms with Crippen molar-refractivity contribution in [3.8, 4) is 5.75 Å². The van der Waals surface area contributed by atoms with Crippen LogP contribution in [0.2, 0.25) is 0 Å². The minimum Gasteiger partial charge on any atom is -0.490 e. The van der Waals surface area contributed by atoms with Crippen LogP contribution < -0.4 is 10.1 Å². The Balaban J connectivity index is 1.49. The first-order valence-corrected chi connectivity index (χ1v) is 8.22. The summed E-state index contributed by atoms with van der Waals surface area (Å²) in [5.41, 5.74) is 0. The fourth-order valence-corrected chi connectivity index (χ4v) is 3.20. The van der Waals surface area contributed by atoms with Gasteiger partial charge in [-0.1, -0.05) is 0 Å². The van der Waals surface area contributed by atoms with Crippen LogP contribution in [0, 0.1) is 11.6 Å². The zero-order valence-corrected chi connectivity index (χ0v) is 13.1. The van der Waals surface area contributed by atoms with Gasteiger partial charge in [0, 0.05) is 30.4 Å². The van der Waals surface area contributed by atoms with Crippen LogP contribution in [0.5, 0.6) is 5.75 Å². The number of benzene rings is 1. The van der Waals surface area contributed by atoms with E-state index in [1.807, 2.05) is 0 Å². The predicted octanol–water partition coefficient (Wildman–Crippen LogP) is 3.54. The standard InChI is InChI=1S/C16H16F2N2O2S/c17-10-7-11(18)9-14(8-10)22-13-3-1-12(2-4-13)20-16(21)15-5-6-19-23-15/h5-9,12-13H,1-4H2,(H,20,21). The summed E-state index contributed by atoms with van der Waals surface area (Å²) in [4.78, 5) is 12.6. The number of nitrogens with zero attached hydrogens (tertiary/aromatic N) is 1. The second-order valence-corrected chi connectivity index (χ2v) is 6.38. The lowest BCUT2D eigenvalue weighted by Crippen LogP contribution is -2.39. The fraction of sp³-hybridized carbons (Fsp3) is 0.375. The monoisotopic (exact) mass is 338 g/mol. The topological polar surface area (TPSA) is 51.2 Å². The van der Waals surface area contributed by atoms with Gasteiger partial charge in [0.15, 0.2) is 0 Å². The van der Waals surface area contributed by atoms with Gasteiger partial charge in [-0.2, -0.15) is 0 Å². The molecule has 1 aliphatic rings. The maximum atomic E-state index is 13.2. The van der Waals surface area contributed by atoms with Gasteiger partial charge in [0.1, 0.15) is 22.3 Å². The molecule has 4 nitrogen and oxygen atoms in total. The lowest BCUT2D eigenvalue weighted by atomic mass is 9.93. The number of aromatic nitrogens is 1. The molecule has 2 aromatic rings. The van der Waals surface area contributed by atoms with Crippen molar-refractivity contribution in [3.05, 3.63) is 47.0 Å². The van der Waals surface area contributed by atoms with Gasteiger partial charge in [-0.05, 0) is 43.3 Å². The summed E-state index contributed by atoms with van der Waals surface area (Å²) < 4.78 is 35.9. The third-order valence-corrected chi connectivity index (χ3v) is 4.56. The first-order valence-electron chi connectivity index (χ1n) is 7.44. The lowest BCUT2D eigenvalue weighted by molar-refractivity contribution is 0.0897. The fourth-order valence-electron chi connectivity index (χ4n) is 2.70. The average molecular weight is 338 g/mol. The Kier molecular flexibility index (Phi) is 4.85. The number of carbonyl (C=O) groups is 1. The number of halogens is 2. The molecule has 122 valence electrons. The van der Waals surface area contributed by atoms with Gasteiger partial charge >= 0.3 is 0 Å². The van der Waals surface area contributed by atoms with E-state index in [0.29, 0.717) is 4.88 Å². The Morgan fingerprint density at radius 2 is 1.87 bits per heavy atom. The van der Waals surface area contributed by atoms with E-state index in [-0.39, 0.29) is 23.8 Å². The van der Waals surface area contributed by atoms with Gasteiger partial charge in [-0.3, -0.25) is 4.79 Å². The van der Waals surface area contributed by atoms with Gasteiger partial charge in [-0.25, -0.2) is 13.2 Å². The van der Waals surface area contributed by atoms with E-state index >= 15 is 0 Å². The highest BCUT2D eigenvalue weighted by Crippen LogP contribution is 2.25. The highest BCUT2D eigenvalue weighted by atomic mass is 32.1. The van der Waals surface area contributed by atoms with Crippen molar-refractivity contribution in [2.45, 2.75) is 37.8 Å².